The van der Waals surface area contributed by atoms with Gasteiger partial charge >= 0.3 is 0 Å². The van der Waals surface area contributed by atoms with Gasteiger partial charge in [-0.1, -0.05) is 24.3 Å². The topological polar surface area (TPSA) is 87.5 Å². The average Bonchev–Trinajstić information content (AvgIpc) is 3.14. The van der Waals surface area contributed by atoms with Crippen LogP contribution in [-0.2, 0) is 4.79 Å². The van der Waals surface area contributed by atoms with E-state index in [0.29, 0.717) is 24.0 Å². The normalized spacial score (nSPS) is 16.8. The van der Waals surface area contributed by atoms with Crippen molar-refractivity contribution >= 4 is 34.1 Å². The van der Waals surface area contributed by atoms with E-state index in [9.17, 15) is 4.79 Å². The number of benzene rings is 2. The summed E-state index contributed by atoms with van der Waals surface area (Å²) in [6, 6.07) is 15.6. The number of hydrogen-bond donors (Lipinski definition) is 2. The number of carbonyl (C=O) groups is 1. The molecular formula is C23H25N7O. The molecule has 31 heavy (non-hydrogen) atoms. The van der Waals surface area contributed by atoms with Crippen molar-refractivity contribution in [3.8, 4) is 11.4 Å². The maximum Gasteiger partial charge on any atom is 0.242 e. The number of amides is 1. The molecule has 2 aromatic carbocycles. The van der Waals surface area contributed by atoms with Crippen LogP contribution in [0.3, 0.4) is 0 Å². The molecule has 2 aromatic heterocycles. The Kier molecular flexibility index (Phi) is 4.89. The molecule has 158 valence electrons. The van der Waals surface area contributed by atoms with E-state index in [2.05, 4.69) is 16.7 Å². The number of nitrogens with one attached hydrogen (secondary N) is 2. The maximum atomic E-state index is 12.5. The first-order valence-corrected chi connectivity index (χ1v) is 10.6. The Balaban J connectivity index is 1.65. The van der Waals surface area contributed by atoms with Crippen LogP contribution in [0.25, 0.3) is 27.9 Å². The minimum absolute atomic E-state index is 0.000341. The van der Waals surface area contributed by atoms with Crippen LogP contribution in [0.15, 0.2) is 48.5 Å². The first-order valence-electron chi connectivity index (χ1n) is 10.6. The van der Waals surface area contributed by atoms with E-state index in [4.69, 9.17) is 15.1 Å². The molecule has 0 saturated carbocycles. The highest BCUT2D eigenvalue weighted by molar-refractivity contribution is 5.93. The highest BCUT2D eigenvalue weighted by atomic mass is 16.2. The van der Waals surface area contributed by atoms with Gasteiger partial charge < -0.3 is 15.5 Å². The number of para-hydroxylation sites is 1. The van der Waals surface area contributed by atoms with E-state index in [-0.39, 0.29) is 11.9 Å². The molecule has 8 nitrogen and oxygen atoms in total. The molecule has 0 spiro atoms. The van der Waals surface area contributed by atoms with Crippen LogP contribution >= 0.6 is 0 Å². The van der Waals surface area contributed by atoms with Gasteiger partial charge in [0.05, 0.1) is 5.52 Å². The number of aromatic nitrogens is 4. The summed E-state index contributed by atoms with van der Waals surface area (Å²) in [7, 11) is 4.01. The van der Waals surface area contributed by atoms with Crippen LogP contribution < -0.4 is 15.5 Å². The van der Waals surface area contributed by atoms with Crippen LogP contribution in [0.2, 0.25) is 0 Å². The van der Waals surface area contributed by atoms with Crippen LogP contribution in [0.4, 0.5) is 11.6 Å². The number of anilines is 2. The quantitative estimate of drug-likeness (QED) is 0.533. The lowest BCUT2D eigenvalue weighted by molar-refractivity contribution is -0.121. The smallest absolute Gasteiger partial charge is 0.242 e. The van der Waals surface area contributed by atoms with Crippen molar-refractivity contribution in [2.75, 3.05) is 30.9 Å². The molecule has 2 N–H and O–H groups in total. The predicted octanol–water partition coefficient (Wildman–Crippen LogP) is 3.09. The zero-order valence-corrected chi connectivity index (χ0v) is 17.7. The third kappa shape index (κ3) is 3.65. The molecule has 1 fully saturated rings. The first kappa shape index (κ1) is 19.3. The Morgan fingerprint density at radius 1 is 1.10 bits per heavy atom. The van der Waals surface area contributed by atoms with Gasteiger partial charge in [-0.3, -0.25) is 4.79 Å². The molecule has 5 rings (SSSR count). The Morgan fingerprint density at radius 3 is 2.84 bits per heavy atom. The summed E-state index contributed by atoms with van der Waals surface area (Å²) < 4.78 is 1.72. The molecule has 0 unspecified atom stereocenters. The largest absolute Gasteiger partial charge is 0.378 e. The van der Waals surface area contributed by atoms with Crippen molar-refractivity contribution in [3.05, 3.63) is 48.5 Å². The molecule has 1 aliphatic heterocycles. The average molecular weight is 416 g/mol. The van der Waals surface area contributed by atoms with Crippen LogP contribution in [0.5, 0.6) is 0 Å². The minimum Gasteiger partial charge on any atom is -0.378 e. The molecule has 8 heteroatoms. The molecule has 1 saturated heterocycles. The summed E-state index contributed by atoms with van der Waals surface area (Å²) in [5, 5.41) is 12.0. The Bertz CT molecular complexity index is 1260. The van der Waals surface area contributed by atoms with Gasteiger partial charge in [0.2, 0.25) is 11.9 Å². The standard InChI is InChI=1S/C23H25N7O/c1-29(2)16-9-7-8-15(14-16)20-27-21-17-10-3-4-11-18(17)25-23(30(21)28-20)26-19-12-5-6-13-24-22(19)31/h3-4,7-11,14,19H,5-6,12-13H2,1-2H3,(H,24,31)(H,25,26)/t19-/m1/s1. The number of rotatable bonds is 4. The highest BCUT2D eigenvalue weighted by Gasteiger charge is 2.23. The lowest BCUT2D eigenvalue weighted by Gasteiger charge is -2.16. The van der Waals surface area contributed by atoms with Crippen molar-refractivity contribution in [3.63, 3.8) is 0 Å². The summed E-state index contributed by atoms with van der Waals surface area (Å²) in [6.07, 6.45) is 2.72. The summed E-state index contributed by atoms with van der Waals surface area (Å²) >= 11 is 0. The van der Waals surface area contributed by atoms with Gasteiger partial charge in [0, 0.05) is 37.3 Å². The van der Waals surface area contributed by atoms with Crippen molar-refractivity contribution < 1.29 is 4.79 Å². The van der Waals surface area contributed by atoms with Gasteiger partial charge in [-0.25, -0.2) is 9.97 Å². The van der Waals surface area contributed by atoms with E-state index < -0.39 is 0 Å². The van der Waals surface area contributed by atoms with E-state index in [1.165, 1.54) is 0 Å². The lowest BCUT2D eigenvalue weighted by Crippen LogP contribution is -2.38. The molecule has 3 heterocycles. The fourth-order valence-electron chi connectivity index (χ4n) is 3.93. The molecule has 1 atom stereocenters. The van der Waals surface area contributed by atoms with Crippen molar-refractivity contribution in [1.82, 2.24) is 24.9 Å². The second-order valence-electron chi connectivity index (χ2n) is 8.05. The maximum absolute atomic E-state index is 12.5. The molecule has 0 aliphatic carbocycles. The summed E-state index contributed by atoms with van der Waals surface area (Å²) in [5.41, 5.74) is 3.53. The molecule has 1 amide bonds. The second-order valence-corrected chi connectivity index (χ2v) is 8.05. The zero-order valence-electron chi connectivity index (χ0n) is 17.7. The fraction of sp³-hybridized carbons (Fsp3) is 0.304. The van der Waals surface area contributed by atoms with Gasteiger partial charge in [-0.2, -0.15) is 4.52 Å². The summed E-state index contributed by atoms with van der Waals surface area (Å²) in [4.78, 5) is 24.2. The molecule has 0 radical (unpaired) electrons. The number of hydrogen-bond acceptors (Lipinski definition) is 6. The first-order chi connectivity index (χ1) is 15.1. The Labute approximate surface area is 180 Å². The number of fused-ring (bicyclic) bond motifs is 3. The number of nitrogens with zero attached hydrogens (tertiary/aromatic N) is 5. The third-order valence-electron chi connectivity index (χ3n) is 5.64. The lowest BCUT2D eigenvalue weighted by atomic mass is 10.1. The summed E-state index contributed by atoms with van der Waals surface area (Å²) in [5.74, 6) is 1.15. The molecule has 0 bridgehead atoms. The third-order valence-corrected chi connectivity index (χ3v) is 5.64. The van der Waals surface area contributed by atoms with Crippen molar-refractivity contribution in [2.24, 2.45) is 0 Å². The summed E-state index contributed by atoms with van der Waals surface area (Å²) in [6.45, 7) is 0.716. The monoisotopic (exact) mass is 415 g/mol. The van der Waals surface area contributed by atoms with Gasteiger partial charge in [-0.15, -0.1) is 5.10 Å². The van der Waals surface area contributed by atoms with E-state index in [0.717, 1.165) is 41.4 Å². The van der Waals surface area contributed by atoms with Crippen LogP contribution in [0, 0.1) is 0 Å². The van der Waals surface area contributed by atoms with Gasteiger partial charge in [0.1, 0.15) is 6.04 Å². The number of carbonyl (C=O) groups excluding carboxylic acids is 1. The fourth-order valence-corrected chi connectivity index (χ4v) is 3.93. The molecule has 4 aromatic rings. The minimum atomic E-state index is -0.343. The Hall–Kier alpha value is -3.68. The van der Waals surface area contributed by atoms with Gasteiger partial charge in [0.25, 0.3) is 0 Å². The van der Waals surface area contributed by atoms with E-state index in [1.807, 2.05) is 61.5 Å². The van der Waals surface area contributed by atoms with E-state index >= 15 is 0 Å². The van der Waals surface area contributed by atoms with Crippen molar-refractivity contribution in [2.45, 2.75) is 25.3 Å². The molecular weight excluding hydrogens is 390 g/mol. The Morgan fingerprint density at radius 2 is 1.97 bits per heavy atom. The second kappa shape index (κ2) is 7.86. The van der Waals surface area contributed by atoms with E-state index in [1.54, 1.807) is 4.52 Å². The van der Waals surface area contributed by atoms with Crippen molar-refractivity contribution in [1.29, 1.82) is 0 Å². The zero-order chi connectivity index (χ0) is 21.4. The van der Waals surface area contributed by atoms with Crippen LogP contribution in [0.1, 0.15) is 19.3 Å². The van der Waals surface area contributed by atoms with Crippen LogP contribution in [-0.4, -0.2) is 52.2 Å². The molecule has 1 aliphatic rings. The predicted molar refractivity (Wildman–Crippen MR) is 122 cm³/mol. The highest BCUT2D eigenvalue weighted by Crippen LogP contribution is 2.26. The van der Waals surface area contributed by atoms with Gasteiger partial charge in [0.15, 0.2) is 11.5 Å². The SMILES string of the molecule is CN(C)c1cccc(-c2nc3c4ccccc4nc(N[C@@H]4CCCCNC4=O)n3n2)c1. The van der Waals surface area contributed by atoms with Gasteiger partial charge in [-0.05, 0) is 43.5 Å².